The summed E-state index contributed by atoms with van der Waals surface area (Å²) in [6.45, 7) is 4.85. The van der Waals surface area contributed by atoms with Crippen LogP contribution in [0.15, 0.2) is 5.38 Å². The molecule has 2 rings (SSSR count). The third-order valence-electron chi connectivity index (χ3n) is 3.27. The first kappa shape index (κ1) is 15.4. The van der Waals surface area contributed by atoms with Gasteiger partial charge >= 0.3 is 0 Å². The molecule has 0 aliphatic carbocycles. The number of amides is 1. The summed E-state index contributed by atoms with van der Waals surface area (Å²) in [6.07, 6.45) is 2.82. The number of nitrogens with zero attached hydrogens (tertiary/aromatic N) is 1. The summed E-state index contributed by atoms with van der Waals surface area (Å²) in [5.41, 5.74) is 0.419. The Morgan fingerprint density at radius 1 is 1.65 bits per heavy atom. The van der Waals surface area contributed by atoms with Crippen LogP contribution in [0.5, 0.6) is 0 Å². The number of hydrogen-bond donors (Lipinski definition) is 2. The topological polar surface area (TPSA) is 71.5 Å². The van der Waals surface area contributed by atoms with Gasteiger partial charge in [0.1, 0.15) is 16.8 Å². The number of aromatic nitrogens is 1. The largest absolute Gasteiger partial charge is 0.394 e. The summed E-state index contributed by atoms with van der Waals surface area (Å²) in [5, 5.41) is 14.8. The summed E-state index contributed by atoms with van der Waals surface area (Å²) >= 11 is 1.46. The average molecular weight is 298 g/mol. The fourth-order valence-electron chi connectivity index (χ4n) is 2.32. The molecule has 1 amide bonds. The average Bonchev–Trinajstić information content (AvgIpc) is 3.07. The number of carbonyl (C=O) groups is 1. The molecule has 6 heteroatoms. The molecule has 0 radical (unpaired) electrons. The summed E-state index contributed by atoms with van der Waals surface area (Å²) in [4.78, 5) is 16.5. The summed E-state index contributed by atoms with van der Waals surface area (Å²) in [6, 6.07) is -0.213. The maximum Gasteiger partial charge on any atom is 0.271 e. The van der Waals surface area contributed by atoms with Gasteiger partial charge in [-0.3, -0.25) is 4.79 Å². The highest BCUT2D eigenvalue weighted by molar-refractivity contribution is 7.09. The minimum Gasteiger partial charge on any atom is -0.394 e. The lowest BCUT2D eigenvalue weighted by Gasteiger charge is -2.17. The molecule has 2 heterocycles. The molecule has 112 valence electrons. The Morgan fingerprint density at radius 3 is 3.05 bits per heavy atom. The predicted octanol–water partition coefficient (Wildman–Crippen LogP) is 2.13. The third-order valence-corrected chi connectivity index (χ3v) is 4.21. The van der Waals surface area contributed by atoms with Crippen LogP contribution in [0.2, 0.25) is 0 Å². The highest BCUT2D eigenvalue weighted by Gasteiger charge is 2.23. The van der Waals surface area contributed by atoms with E-state index in [1.807, 2.05) is 0 Å². The number of nitrogens with one attached hydrogen (secondary N) is 1. The van der Waals surface area contributed by atoms with E-state index in [2.05, 4.69) is 24.1 Å². The summed E-state index contributed by atoms with van der Waals surface area (Å²) in [7, 11) is 0. The Bertz CT molecular complexity index is 441. The van der Waals surface area contributed by atoms with Crippen LogP contribution in [0.1, 0.15) is 54.7 Å². The fourth-order valence-corrected chi connectivity index (χ4v) is 3.20. The highest BCUT2D eigenvalue weighted by atomic mass is 32.1. The van der Waals surface area contributed by atoms with E-state index in [-0.39, 0.29) is 24.7 Å². The Hall–Kier alpha value is -0.980. The van der Waals surface area contributed by atoms with Gasteiger partial charge in [-0.2, -0.15) is 0 Å². The number of aliphatic hydroxyl groups excluding tert-OH is 1. The van der Waals surface area contributed by atoms with Gasteiger partial charge in [-0.15, -0.1) is 11.3 Å². The van der Waals surface area contributed by atoms with Gasteiger partial charge in [0, 0.05) is 12.0 Å². The van der Waals surface area contributed by atoms with Crippen molar-refractivity contribution in [3.05, 3.63) is 16.1 Å². The van der Waals surface area contributed by atoms with E-state index in [1.54, 1.807) is 5.38 Å². The van der Waals surface area contributed by atoms with Crippen molar-refractivity contribution in [2.45, 2.75) is 45.3 Å². The molecule has 20 heavy (non-hydrogen) atoms. The van der Waals surface area contributed by atoms with Gasteiger partial charge in [-0.05, 0) is 25.2 Å². The van der Waals surface area contributed by atoms with Crippen molar-refractivity contribution in [2.24, 2.45) is 5.92 Å². The van der Waals surface area contributed by atoms with Crippen LogP contribution in [0.25, 0.3) is 0 Å². The zero-order valence-corrected chi connectivity index (χ0v) is 12.8. The lowest BCUT2D eigenvalue weighted by molar-refractivity contribution is 0.0901. The second-order valence-electron chi connectivity index (χ2n) is 5.56. The molecule has 0 aromatic carbocycles. The van der Waals surface area contributed by atoms with Crippen molar-refractivity contribution in [1.82, 2.24) is 10.3 Å². The lowest BCUT2D eigenvalue weighted by Crippen LogP contribution is -2.38. The van der Waals surface area contributed by atoms with Gasteiger partial charge < -0.3 is 15.2 Å². The number of hydrogen-bond acceptors (Lipinski definition) is 5. The molecule has 2 N–H and O–H groups in total. The molecule has 0 bridgehead atoms. The van der Waals surface area contributed by atoms with Crippen LogP contribution in [0.3, 0.4) is 0 Å². The van der Waals surface area contributed by atoms with E-state index in [9.17, 15) is 9.90 Å². The number of carbonyl (C=O) groups excluding carboxylic acids is 1. The van der Waals surface area contributed by atoms with Crippen LogP contribution in [0, 0.1) is 5.92 Å². The smallest absolute Gasteiger partial charge is 0.271 e. The van der Waals surface area contributed by atoms with Gasteiger partial charge in [0.25, 0.3) is 5.91 Å². The minimum absolute atomic E-state index is 0.0471. The Balaban J connectivity index is 1.94. The zero-order chi connectivity index (χ0) is 14.5. The summed E-state index contributed by atoms with van der Waals surface area (Å²) in [5.74, 6) is 0.204. The predicted molar refractivity (Wildman–Crippen MR) is 77.8 cm³/mol. The van der Waals surface area contributed by atoms with Crippen molar-refractivity contribution in [2.75, 3.05) is 13.2 Å². The van der Waals surface area contributed by atoms with Gasteiger partial charge in [0.05, 0.1) is 12.6 Å². The Morgan fingerprint density at radius 2 is 2.45 bits per heavy atom. The van der Waals surface area contributed by atoms with Crippen molar-refractivity contribution >= 4 is 17.2 Å². The van der Waals surface area contributed by atoms with E-state index in [4.69, 9.17) is 4.74 Å². The Labute approximate surface area is 123 Å². The third kappa shape index (κ3) is 4.01. The van der Waals surface area contributed by atoms with E-state index in [0.29, 0.717) is 11.6 Å². The molecular formula is C14H22N2O3S. The molecule has 2 atom stereocenters. The monoisotopic (exact) mass is 298 g/mol. The first-order valence-electron chi connectivity index (χ1n) is 7.09. The lowest BCUT2D eigenvalue weighted by atomic mass is 10.0. The van der Waals surface area contributed by atoms with E-state index < -0.39 is 0 Å². The number of rotatable bonds is 6. The van der Waals surface area contributed by atoms with Crippen LogP contribution in [0.4, 0.5) is 0 Å². The second kappa shape index (κ2) is 7.15. The van der Waals surface area contributed by atoms with Gasteiger partial charge in [-0.1, -0.05) is 13.8 Å². The normalized spacial score (nSPS) is 20.3. The maximum absolute atomic E-state index is 12.1. The molecular weight excluding hydrogens is 276 g/mol. The molecule has 1 aliphatic heterocycles. The molecule has 0 unspecified atom stereocenters. The fraction of sp³-hybridized carbons (Fsp3) is 0.714. The minimum atomic E-state index is -0.217. The van der Waals surface area contributed by atoms with Crippen molar-refractivity contribution < 1.29 is 14.6 Å². The SMILES string of the molecule is CC(C)C[C@@H](CO)NC(=O)c1csc([C@H]2CCCO2)n1. The molecule has 5 nitrogen and oxygen atoms in total. The van der Waals surface area contributed by atoms with Crippen molar-refractivity contribution in [1.29, 1.82) is 0 Å². The quantitative estimate of drug-likeness (QED) is 0.844. The zero-order valence-electron chi connectivity index (χ0n) is 12.0. The first-order chi connectivity index (χ1) is 9.60. The van der Waals surface area contributed by atoms with Crippen LogP contribution in [-0.4, -0.2) is 35.3 Å². The molecule has 1 aliphatic rings. The number of aliphatic hydroxyl groups is 1. The molecule has 1 saturated heterocycles. The first-order valence-corrected chi connectivity index (χ1v) is 7.97. The molecule has 0 spiro atoms. The van der Waals surface area contributed by atoms with Gasteiger partial charge in [-0.25, -0.2) is 4.98 Å². The Kier molecular flexibility index (Phi) is 5.51. The van der Waals surface area contributed by atoms with E-state index in [0.717, 1.165) is 30.9 Å². The van der Waals surface area contributed by atoms with Crippen molar-refractivity contribution in [3.63, 3.8) is 0 Å². The number of thiazole rings is 1. The molecule has 0 saturated carbocycles. The molecule has 1 aromatic rings. The molecule has 1 fully saturated rings. The van der Waals surface area contributed by atoms with Crippen LogP contribution >= 0.6 is 11.3 Å². The standard InChI is InChI=1S/C14H22N2O3S/c1-9(2)6-10(7-17)15-13(18)11-8-20-14(16-11)12-4-3-5-19-12/h8-10,12,17H,3-7H2,1-2H3,(H,15,18)/t10-,12+/m0/s1. The van der Waals surface area contributed by atoms with Gasteiger partial charge in [0.15, 0.2) is 0 Å². The number of ether oxygens (including phenoxy) is 1. The van der Waals surface area contributed by atoms with E-state index in [1.165, 1.54) is 11.3 Å². The van der Waals surface area contributed by atoms with Crippen LogP contribution < -0.4 is 5.32 Å². The summed E-state index contributed by atoms with van der Waals surface area (Å²) < 4.78 is 5.56. The van der Waals surface area contributed by atoms with E-state index >= 15 is 0 Å². The second-order valence-corrected chi connectivity index (χ2v) is 6.44. The van der Waals surface area contributed by atoms with Gasteiger partial charge in [0.2, 0.25) is 0 Å². The maximum atomic E-state index is 12.1. The highest BCUT2D eigenvalue weighted by Crippen LogP contribution is 2.30. The van der Waals surface area contributed by atoms with Crippen LogP contribution in [-0.2, 0) is 4.74 Å². The van der Waals surface area contributed by atoms with Crippen molar-refractivity contribution in [3.8, 4) is 0 Å². The molecule has 1 aromatic heterocycles.